The Morgan fingerprint density at radius 3 is 2.82 bits per heavy atom. The van der Waals surface area contributed by atoms with Gasteiger partial charge in [-0.1, -0.05) is 0 Å². The van der Waals surface area contributed by atoms with Gasteiger partial charge in [-0.15, -0.1) is 0 Å². The minimum absolute atomic E-state index is 0.168. The maximum atomic E-state index is 11.7. The molecule has 1 atom stereocenters. The molecule has 1 unspecified atom stereocenters. The number of hydrogen-bond acceptors (Lipinski definition) is 4. The van der Waals surface area contributed by atoms with Crippen LogP contribution in [0.25, 0.3) is 11.1 Å². The van der Waals surface area contributed by atoms with Gasteiger partial charge in [0, 0.05) is 12.1 Å². The van der Waals surface area contributed by atoms with Gasteiger partial charge in [-0.3, -0.25) is 9.36 Å². The average Bonchev–Trinajstić information content (AvgIpc) is 2.61. The van der Waals surface area contributed by atoms with Crippen LogP contribution in [0.5, 0.6) is 0 Å². The lowest BCUT2D eigenvalue weighted by molar-refractivity contribution is 0.0968. The Morgan fingerprint density at radius 1 is 1.53 bits per heavy atom. The smallest absolute Gasteiger partial charge is 0.408 e. The topological polar surface area (TPSA) is 78.2 Å². The number of carbonyl (C=O) groups excluding carboxylic acids is 1. The molecule has 5 nitrogen and oxygen atoms in total. The molecule has 17 heavy (non-hydrogen) atoms. The summed E-state index contributed by atoms with van der Waals surface area (Å²) in [6.07, 6.45) is 0. The summed E-state index contributed by atoms with van der Waals surface area (Å²) in [5.41, 5.74) is 7.10. The summed E-state index contributed by atoms with van der Waals surface area (Å²) >= 11 is 0. The summed E-state index contributed by atoms with van der Waals surface area (Å²) < 4.78 is 6.58. The summed E-state index contributed by atoms with van der Waals surface area (Å²) in [5, 5.41) is 0. The number of benzene rings is 1. The van der Waals surface area contributed by atoms with Gasteiger partial charge < -0.3 is 10.2 Å². The quantitative estimate of drug-likeness (QED) is 0.808. The van der Waals surface area contributed by atoms with Crippen LogP contribution < -0.4 is 11.5 Å². The van der Waals surface area contributed by atoms with E-state index in [4.69, 9.17) is 10.2 Å². The van der Waals surface area contributed by atoms with Crippen molar-refractivity contribution < 1.29 is 9.21 Å². The molecule has 0 bridgehead atoms. The van der Waals surface area contributed by atoms with Crippen LogP contribution >= 0.6 is 0 Å². The molecule has 90 valence electrons. The van der Waals surface area contributed by atoms with Crippen LogP contribution in [0, 0.1) is 0 Å². The molecule has 0 fully saturated rings. The van der Waals surface area contributed by atoms with Crippen molar-refractivity contribution in [3.05, 3.63) is 34.3 Å². The fourth-order valence-corrected chi connectivity index (χ4v) is 1.78. The first-order valence-electron chi connectivity index (χ1n) is 5.47. The summed E-state index contributed by atoms with van der Waals surface area (Å²) in [6.45, 7) is 4.02. The summed E-state index contributed by atoms with van der Waals surface area (Å²) in [7, 11) is 0. The monoisotopic (exact) mass is 234 g/mol. The molecule has 0 saturated heterocycles. The second-order valence-corrected chi connectivity index (χ2v) is 3.95. The van der Waals surface area contributed by atoms with Crippen LogP contribution in [0.2, 0.25) is 0 Å². The number of aryl methyl sites for hydroxylation is 1. The zero-order valence-corrected chi connectivity index (χ0v) is 9.77. The lowest BCUT2D eigenvalue weighted by Gasteiger charge is -2.03. The van der Waals surface area contributed by atoms with Gasteiger partial charge in [-0.05, 0) is 32.0 Å². The summed E-state index contributed by atoms with van der Waals surface area (Å²) in [4.78, 5) is 23.2. The molecule has 0 radical (unpaired) electrons. The van der Waals surface area contributed by atoms with E-state index in [-0.39, 0.29) is 5.78 Å². The van der Waals surface area contributed by atoms with Crippen molar-refractivity contribution >= 4 is 16.9 Å². The first-order valence-corrected chi connectivity index (χ1v) is 5.47. The van der Waals surface area contributed by atoms with E-state index >= 15 is 0 Å². The molecule has 0 aliphatic heterocycles. The number of nitrogens with zero attached hydrogens (tertiary/aromatic N) is 1. The molecule has 0 saturated carbocycles. The molecular weight excluding hydrogens is 220 g/mol. The number of ketones is 1. The average molecular weight is 234 g/mol. The number of hydrogen-bond donors (Lipinski definition) is 1. The van der Waals surface area contributed by atoms with Crippen molar-refractivity contribution in [3.8, 4) is 0 Å². The molecule has 2 rings (SSSR count). The van der Waals surface area contributed by atoms with E-state index in [1.165, 1.54) is 4.57 Å². The van der Waals surface area contributed by atoms with Crippen molar-refractivity contribution in [1.29, 1.82) is 0 Å². The van der Waals surface area contributed by atoms with Crippen LogP contribution in [-0.2, 0) is 6.54 Å². The first-order chi connectivity index (χ1) is 8.04. The Hall–Kier alpha value is -1.88. The maximum Gasteiger partial charge on any atom is 0.419 e. The molecule has 2 N–H and O–H groups in total. The second-order valence-electron chi connectivity index (χ2n) is 3.95. The fraction of sp³-hybridized carbons (Fsp3) is 0.333. The first kappa shape index (κ1) is 11.6. The van der Waals surface area contributed by atoms with E-state index in [0.717, 1.165) is 0 Å². The van der Waals surface area contributed by atoms with Gasteiger partial charge in [0.05, 0.1) is 11.6 Å². The van der Waals surface area contributed by atoms with Gasteiger partial charge in [-0.2, -0.15) is 0 Å². The predicted octanol–water partition coefficient (Wildman–Crippen LogP) is 1.14. The Morgan fingerprint density at radius 2 is 2.24 bits per heavy atom. The number of rotatable bonds is 3. The van der Waals surface area contributed by atoms with Crippen LogP contribution in [0.3, 0.4) is 0 Å². The largest absolute Gasteiger partial charge is 0.419 e. The molecule has 1 heterocycles. The van der Waals surface area contributed by atoms with Gasteiger partial charge in [0.25, 0.3) is 0 Å². The fourth-order valence-electron chi connectivity index (χ4n) is 1.78. The van der Waals surface area contributed by atoms with Gasteiger partial charge in [0.2, 0.25) is 0 Å². The highest BCUT2D eigenvalue weighted by atomic mass is 16.4. The van der Waals surface area contributed by atoms with Crippen molar-refractivity contribution in [2.24, 2.45) is 5.73 Å². The normalized spacial score (nSPS) is 12.9. The van der Waals surface area contributed by atoms with Gasteiger partial charge in [-0.25, -0.2) is 4.79 Å². The molecule has 0 spiro atoms. The third-order valence-corrected chi connectivity index (χ3v) is 2.68. The number of aromatic nitrogens is 1. The predicted molar refractivity (Wildman–Crippen MR) is 64.1 cm³/mol. The van der Waals surface area contributed by atoms with Crippen molar-refractivity contribution in [3.63, 3.8) is 0 Å². The standard InChI is InChI=1S/C12H14N2O3/c1-3-14-9-5-4-8(11(15)7(2)13)6-10(9)17-12(14)16/h4-7H,3,13H2,1-2H3. The van der Waals surface area contributed by atoms with E-state index < -0.39 is 11.8 Å². The lowest BCUT2D eigenvalue weighted by Crippen LogP contribution is -2.26. The Balaban J connectivity index is 2.60. The number of carbonyl (C=O) groups is 1. The maximum absolute atomic E-state index is 11.7. The molecule has 0 aliphatic carbocycles. The Bertz CT molecular complexity index is 622. The Labute approximate surface area is 97.8 Å². The number of Topliss-reactive ketones (excluding diaryl/α,β-unsaturated/α-hetero) is 1. The molecular formula is C12H14N2O3. The molecule has 1 aromatic carbocycles. The van der Waals surface area contributed by atoms with Crippen LogP contribution in [0.4, 0.5) is 0 Å². The van der Waals surface area contributed by atoms with E-state index in [9.17, 15) is 9.59 Å². The van der Waals surface area contributed by atoms with Gasteiger partial charge in [0.15, 0.2) is 11.4 Å². The third kappa shape index (κ3) is 1.89. The van der Waals surface area contributed by atoms with Crippen LogP contribution in [0.1, 0.15) is 24.2 Å². The van der Waals surface area contributed by atoms with E-state index in [1.807, 2.05) is 6.92 Å². The molecule has 1 aromatic heterocycles. The SMILES string of the molecule is CCn1c(=O)oc2cc(C(=O)C(C)N)ccc21. The minimum atomic E-state index is -0.563. The molecule has 0 aliphatic rings. The zero-order valence-electron chi connectivity index (χ0n) is 9.77. The van der Waals surface area contributed by atoms with Crippen LogP contribution in [-0.4, -0.2) is 16.4 Å². The van der Waals surface area contributed by atoms with Crippen molar-refractivity contribution in [2.45, 2.75) is 26.4 Å². The van der Waals surface area contributed by atoms with Gasteiger partial charge >= 0.3 is 5.76 Å². The number of oxazole rings is 1. The summed E-state index contributed by atoms with van der Waals surface area (Å²) in [5.74, 6) is -0.577. The number of fused-ring (bicyclic) bond motifs is 1. The molecule has 2 aromatic rings. The highest BCUT2D eigenvalue weighted by Gasteiger charge is 2.14. The lowest BCUT2D eigenvalue weighted by atomic mass is 10.1. The van der Waals surface area contributed by atoms with E-state index in [2.05, 4.69) is 0 Å². The molecule has 0 amide bonds. The summed E-state index contributed by atoms with van der Waals surface area (Å²) in [6, 6.07) is 4.37. The van der Waals surface area contributed by atoms with Crippen molar-refractivity contribution in [1.82, 2.24) is 4.57 Å². The van der Waals surface area contributed by atoms with E-state index in [1.54, 1.807) is 25.1 Å². The highest BCUT2D eigenvalue weighted by molar-refractivity contribution is 6.01. The highest BCUT2D eigenvalue weighted by Crippen LogP contribution is 2.16. The van der Waals surface area contributed by atoms with Crippen molar-refractivity contribution in [2.75, 3.05) is 0 Å². The Kier molecular flexibility index (Phi) is 2.85. The molecule has 5 heteroatoms. The minimum Gasteiger partial charge on any atom is -0.408 e. The second kappa shape index (κ2) is 4.18. The van der Waals surface area contributed by atoms with Crippen LogP contribution in [0.15, 0.2) is 27.4 Å². The number of nitrogens with two attached hydrogens (primary N) is 1. The van der Waals surface area contributed by atoms with E-state index in [0.29, 0.717) is 23.2 Å². The van der Waals surface area contributed by atoms with Gasteiger partial charge in [0.1, 0.15) is 0 Å². The zero-order chi connectivity index (χ0) is 12.6. The third-order valence-electron chi connectivity index (χ3n) is 2.68.